The van der Waals surface area contributed by atoms with Gasteiger partial charge < -0.3 is 25.5 Å². The summed E-state index contributed by atoms with van der Waals surface area (Å²) >= 11 is 0. The van der Waals surface area contributed by atoms with E-state index >= 15 is 0 Å². The van der Waals surface area contributed by atoms with Crippen LogP contribution in [0.4, 0.5) is 0 Å². The number of hydrogen-bond donors (Lipinski definition) is 5. The zero-order valence-corrected chi connectivity index (χ0v) is 16.2. The van der Waals surface area contributed by atoms with Gasteiger partial charge >= 0.3 is 0 Å². The smallest absolute Gasteiger partial charge is 0.109 e. The first-order chi connectivity index (χ1) is 11.2. The molecule has 5 N–H and O–H groups in total. The van der Waals surface area contributed by atoms with Gasteiger partial charge in [0.25, 0.3) is 0 Å². The third-order valence-electron chi connectivity index (χ3n) is 7.40. The molecule has 0 aromatic heterocycles. The van der Waals surface area contributed by atoms with Crippen molar-refractivity contribution in [2.75, 3.05) is 0 Å². The molecule has 0 radical (unpaired) electrons. The summed E-state index contributed by atoms with van der Waals surface area (Å²) in [7, 11) is 0. The molecule has 146 valence electrons. The molecule has 0 bridgehead atoms. The highest BCUT2D eigenvalue weighted by molar-refractivity contribution is 5.15. The molecule has 2 fully saturated rings. The van der Waals surface area contributed by atoms with Crippen LogP contribution in [-0.2, 0) is 0 Å². The van der Waals surface area contributed by atoms with E-state index in [4.69, 9.17) is 0 Å². The zero-order valence-electron chi connectivity index (χ0n) is 16.2. The molecule has 2 aliphatic rings. The summed E-state index contributed by atoms with van der Waals surface area (Å²) < 4.78 is 0. The average molecular weight is 357 g/mol. The van der Waals surface area contributed by atoms with Gasteiger partial charge in [-0.1, -0.05) is 33.3 Å². The van der Waals surface area contributed by atoms with Crippen LogP contribution in [0.25, 0.3) is 0 Å². The predicted octanol–water partition coefficient (Wildman–Crippen LogP) is 1.61. The lowest BCUT2D eigenvalue weighted by Crippen LogP contribution is -2.70. The van der Waals surface area contributed by atoms with Crippen molar-refractivity contribution in [3.05, 3.63) is 12.7 Å². The zero-order chi connectivity index (χ0) is 19.4. The summed E-state index contributed by atoms with van der Waals surface area (Å²) in [4.78, 5) is 0. The molecule has 0 aromatic carbocycles. The van der Waals surface area contributed by atoms with E-state index in [0.717, 1.165) is 19.3 Å². The quantitative estimate of drug-likeness (QED) is 0.493. The van der Waals surface area contributed by atoms with E-state index < -0.39 is 40.8 Å². The van der Waals surface area contributed by atoms with E-state index in [9.17, 15) is 25.5 Å². The van der Waals surface area contributed by atoms with Gasteiger partial charge in [0.15, 0.2) is 0 Å². The van der Waals surface area contributed by atoms with Gasteiger partial charge in [-0.2, -0.15) is 0 Å². The van der Waals surface area contributed by atoms with Crippen LogP contribution in [0.15, 0.2) is 12.7 Å². The number of hydrogen-bond acceptors (Lipinski definition) is 5. The molecule has 0 aliphatic heterocycles. The molecular formula is C20H36O5. The van der Waals surface area contributed by atoms with Crippen LogP contribution in [-0.4, -0.2) is 55.0 Å². The Labute approximate surface area is 151 Å². The van der Waals surface area contributed by atoms with E-state index in [-0.39, 0.29) is 17.8 Å². The highest BCUT2D eigenvalue weighted by atomic mass is 16.4. The summed E-state index contributed by atoms with van der Waals surface area (Å²) in [6.45, 7) is 12.8. The minimum atomic E-state index is -1.56. The van der Waals surface area contributed by atoms with Gasteiger partial charge in [-0.05, 0) is 55.8 Å². The van der Waals surface area contributed by atoms with Crippen LogP contribution < -0.4 is 0 Å². The average Bonchev–Trinajstić information content (AvgIpc) is 2.48. The van der Waals surface area contributed by atoms with Crippen LogP contribution in [0.3, 0.4) is 0 Å². The van der Waals surface area contributed by atoms with Crippen LogP contribution in [0.1, 0.15) is 60.3 Å². The lowest BCUT2D eigenvalue weighted by atomic mass is 9.43. The minimum Gasteiger partial charge on any atom is -0.390 e. The Hall–Kier alpha value is -0.460. The lowest BCUT2D eigenvalue weighted by Gasteiger charge is -2.64. The third kappa shape index (κ3) is 3.19. The molecule has 2 saturated carbocycles. The number of aliphatic hydroxyl groups is 5. The van der Waals surface area contributed by atoms with Gasteiger partial charge in [-0.25, -0.2) is 0 Å². The Kier molecular flexibility index (Phi) is 5.26. The Balaban J connectivity index is 2.49. The molecule has 0 saturated heterocycles. The molecule has 0 heterocycles. The van der Waals surface area contributed by atoms with E-state index in [1.165, 1.54) is 19.9 Å². The Bertz CT molecular complexity index is 512. The molecule has 5 nitrogen and oxygen atoms in total. The maximum Gasteiger partial charge on any atom is 0.109 e. The Morgan fingerprint density at radius 1 is 1.20 bits per heavy atom. The maximum absolute atomic E-state index is 11.1. The molecule has 25 heavy (non-hydrogen) atoms. The van der Waals surface area contributed by atoms with E-state index in [1.54, 1.807) is 0 Å². The first-order valence-corrected chi connectivity index (χ1v) is 9.34. The largest absolute Gasteiger partial charge is 0.390 e. The molecule has 2 aliphatic carbocycles. The fourth-order valence-electron chi connectivity index (χ4n) is 5.88. The van der Waals surface area contributed by atoms with Gasteiger partial charge in [0.2, 0.25) is 0 Å². The highest BCUT2D eigenvalue weighted by Gasteiger charge is 2.65. The second kappa shape index (κ2) is 6.31. The second-order valence-corrected chi connectivity index (χ2v) is 9.72. The Morgan fingerprint density at radius 3 is 2.28 bits per heavy atom. The lowest BCUT2D eigenvalue weighted by molar-refractivity contribution is -0.272. The van der Waals surface area contributed by atoms with Gasteiger partial charge in [0.05, 0.1) is 17.8 Å². The van der Waals surface area contributed by atoms with E-state index in [0.29, 0.717) is 0 Å². The summed E-state index contributed by atoms with van der Waals surface area (Å²) in [5, 5.41) is 53.5. The maximum atomic E-state index is 11.1. The van der Waals surface area contributed by atoms with Crippen LogP contribution in [0, 0.1) is 22.7 Å². The molecule has 0 unspecified atom stereocenters. The van der Waals surface area contributed by atoms with Crippen molar-refractivity contribution < 1.29 is 25.5 Å². The summed E-state index contributed by atoms with van der Waals surface area (Å²) in [6.07, 6.45) is 0.685. The normalized spacial score (nSPS) is 47.4. The van der Waals surface area contributed by atoms with Crippen molar-refractivity contribution >= 4 is 0 Å². The molecule has 5 heteroatoms. The van der Waals surface area contributed by atoms with Crippen molar-refractivity contribution in [2.24, 2.45) is 22.7 Å². The molecule has 2 rings (SSSR count). The van der Waals surface area contributed by atoms with E-state index in [2.05, 4.69) is 20.4 Å². The molecule has 0 aromatic rings. The monoisotopic (exact) mass is 356 g/mol. The first kappa shape index (κ1) is 20.8. The van der Waals surface area contributed by atoms with Gasteiger partial charge in [0.1, 0.15) is 11.7 Å². The molecule has 0 amide bonds. The number of fused-ring (bicyclic) bond motifs is 1. The minimum absolute atomic E-state index is 0.124. The standard InChI is InChI=1S/C20H36O5/c1-7-19(5,24)13(21)11-12-18(4)10-8-9-17(2,3)15(18)14(22)16(23)20(12,6)25/h7,12-16,21-25H,1,8-11H2,2-6H3/t12-,13+,14+,15-,16+,18-,19-,20-/m0/s1. The van der Waals surface area contributed by atoms with E-state index in [1.807, 2.05) is 6.92 Å². The fourth-order valence-corrected chi connectivity index (χ4v) is 5.88. The van der Waals surface area contributed by atoms with Crippen molar-refractivity contribution in [3.63, 3.8) is 0 Å². The first-order valence-electron chi connectivity index (χ1n) is 9.34. The van der Waals surface area contributed by atoms with Gasteiger partial charge in [-0.3, -0.25) is 0 Å². The number of aliphatic hydroxyl groups excluding tert-OH is 3. The van der Waals surface area contributed by atoms with Gasteiger partial charge in [0, 0.05) is 0 Å². The number of rotatable bonds is 4. The van der Waals surface area contributed by atoms with Crippen LogP contribution in [0.2, 0.25) is 0 Å². The molecule has 0 spiro atoms. The Morgan fingerprint density at radius 2 is 1.76 bits per heavy atom. The summed E-state index contributed by atoms with van der Waals surface area (Å²) in [5.41, 5.74) is -3.68. The van der Waals surface area contributed by atoms with Crippen LogP contribution in [0.5, 0.6) is 0 Å². The topological polar surface area (TPSA) is 101 Å². The van der Waals surface area contributed by atoms with Gasteiger partial charge in [-0.15, -0.1) is 6.58 Å². The second-order valence-electron chi connectivity index (χ2n) is 9.72. The predicted molar refractivity (Wildman–Crippen MR) is 96.8 cm³/mol. The highest BCUT2D eigenvalue weighted by Crippen LogP contribution is 2.63. The SMILES string of the molecule is C=C[C@](C)(O)[C@H](O)C[C@@H]1[C@](C)(O)[C@H](O)[C@H](O)[C@H]2C(C)(C)CCC[C@@]12C. The third-order valence-corrected chi connectivity index (χ3v) is 7.40. The summed E-state index contributed by atoms with van der Waals surface area (Å²) in [6, 6.07) is 0. The van der Waals surface area contributed by atoms with Crippen molar-refractivity contribution in [2.45, 2.75) is 89.8 Å². The van der Waals surface area contributed by atoms with Crippen molar-refractivity contribution in [3.8, 4) is 0 Å². The van der Waals surface area contributed by atoms with Crippen molar-refractivity contribution in [1.82, 2.24) is 0 Å². The molecule has 8 atom stereocenters. The fraction of sp³-hybridized carbons (Fsp3) is 0.900. The summed E-state index contributed by atoms with van der Waals surface area (Å²) in [5.74, 6) is -0.667. The van der Waals surface area contributed by atoms with Crippen molar-refractivity contribution in [1.29, 1.82) is 0 Å². The van der Waals surface area contributed by atoms with Crippen LogP contribution >= 0.6 is 0 Å². The molecular weight excluding hydrogens is 320 g/mol.